The van der Waals surface area contributed by atoms with Crippen LogP contribution in [0, 0.1) is 6.92 Å². The zero-order valence-electron chi connectivity index (χ0n) is 22.6. The van der Waals surface area contributed by atoms with Gasteiger partial charge in [-0.2, -0.15) is 0 Å². The summed E-state index contributed by atoms with van der Waals surface area (Å²) in [6.07, 6.45) is 0.374. The number of urea groups is 1. The molecule has 0 atom stereocenters. The lowest BCUT2D eigenvalue weighted by atomic mass is 10.1. The van der Waals surface area contributed by atoms with Crippen molar-refractivity contribution >= 4 is 35.2 Å². The fourth-order valence-electron chi connectivity index (χ4n) is 3.97. The van der Waals surface area contributed by atoms with Crippen LogP contribution < -0.4 is 20.7 Å². The predicted octanol–water partition coefficient (Wildman–Crippen LogP) is 3.85. The Balaban J connectivity index is 1.54. The van der Waals surface area contributed by atoms with E-state index in [0.29, 0.717) is 35.7 Å². The zero-order valence-corrected chi connectivity index (χ0v) is 22.6. The first-order valence-corrected chi connectivity index (χ1v) is 12.9. The summed E-state index contributed by atoms with van der Waals surface area (Å²) in [7, 11) is 1.46. The minimum atomic E-state index is -0.999. The minimum absolute atomic E-state index is 0.0154. The van der Waals surface area contributed by atoms with Gasteiger partial charge in [-0.15, -0.1) is 0 Å². The monoisotopic (exact) mass is 546 g/mol. The number of nitrogens with zero attached hydrogens (tertiary/aromatic N) is 1. The summed E-state index contributed by atoms with van der Waals surface area (Å²) in [5.74, 6) is -1.36. The van der Waals surface area contributed by atoms with E-state index in [0.717, 1.165) is 11.1 Å². The standard InChI is InChI=1S/C30H34N4O6/c1-21-8-6-7-11-24(21)32-30(39)33-25-13-12-23(18-26(25)40-2)19-27(35)31-20-28(36)34(17-15-29(37)38)16-14-22-9-4-3-5-10-22/h3-13,18H,14-17,19-20H2,1-2H3,(H,31,35)(H,37,38)(H2,32,33,39). The molecule has 0 bridgehead atoms. The van der Waals surface area contributed by atoms with Gasteiger partial charge in [-0.05, 0) is 48.2 Å². The number of hydrogen-bond donors (Lipinski definition) is 4. The molecule has 0 fully saturated rings. The molecule has 10 nitrogen and oxygen atoms in total. The average Bonchev–Trinajstić information content (AvgIpc) is 2.94. The minimum Gasteiger partial charge on any atom is -0.495 e. The van der Waals surface area contributed by atoms with Crippen molar-refractivity contribution in [3.8, 4) is 5.75 Å². The molecule has 4 N–H and O–H groups in total. The molecule has 0 radical (unpaired) electrons. The van der Waals surface area contributed by atoms with Gasteiger partial charge in [0.1, 0.15) is 5.75 Å². The van der Waals surface area contributed by atoms with Crippen molar-refractivity contribution in [1.29, 1.82) is 0 Å². The smallest absolute Gasteiger partial charge is 0.323 e. The Bertz CT molecular complexity index is 1330. The van der Waals surface area contributed by atoms with Crippen LogP contribution in [-0.4, -0.2) is 60.6 Å². The number of nitrogens with one attached hydrogen (secondary N) is 3. The van der Waals surface area contributed by atoms with Gasteiger partial charge in [-0.3, -0.25) is 14.4 Å². The van der Waals surface area contributed by atoms with Crippen molar-refractivity contribution in [2.45, 2.75) is 26.2 Å². The largest absolute Gasteiger partial charge is 0.495 e. The fourth-order valence-corrected chi connectivity index (χ4v) is 3.97. The quantitative estimate of drug-likeness (QED) is 0.257. The lowest BCUT2D eigenvalue weighted by molar-refractivity contribution is -0.139. The summed E-state index contributed by atoms with van der Waals surface area (Å²) in [6, 6.07) is 21.5. The number of carbonyl (C=O) groups excluding carboxylic acids is 3. The summed E-state index contributed by atoms with van der Waals surface area (Å²) in [5.41, 5.74) is 3.69. The molecule has 0 aliphatic heterocycles. The van der Waals surface area contributed by atoms with Crippen molar-refractivity contribution < 1.29 is 29.0 Å². The number of carboxylic acid groups (broad SMARTS) is 1. The number of ether oxygens (including phenoxy) is 1. The number of anilines is 2. The van der Waals surface area contributed by atoms with E-state index in [4.69, 9.17) is 9.84 Å². The third kappa shape index (κ3) is 9.46. The third-order valence-corrected chi connectivity index (χ3v) is 6.17. The maximum Gasteiger partial charge on any atom is 0.323 e. The number of rotatable bonds is 13. The molecule has 0 unspecified atom stereocenters. The number of amides is 4. The summed E-state index contributed by atoms with van der Waals surface area (Å²) in [4.78, 5) is 50.3. The molecular formula is C30H34N4O6. The van der Waals surface area contributed by atoms with Gasteiger partial charge < -0.3 is 30.7 Å². The second-order valence-corrected chi connectivity index (χ2v) is 9.14. The van der Waals surface area contributed by atoms with Crippen LogP contribution >= 0.6 is 0 Å². The molecule has 0 saturated carbocycles. The topological polar surface area (TPSA) is 137 Å². The van der Waals surface area contributed by atoms with E-state index in [1.54, 1.807) is 24.3 Å². The number of aliphatic carboxylic acids is 1. The van der Waals surface area contributed by atoms with Crippen LogP contribution in [0.2, 0.25) is 0 Å². The number of benzene rings is 3. The molecule has 10 heteroatoms. The van der Waals surface area contributed by atoms with E-state index in [2.05, 4.69) is 16.0 Å². The van der Waals surface area contributed by atoms with E-state index in [1.165, 1.54) is 12.0 Å². The molecule has 210 valence electrons. The first-order valence-electron chi connectivity index (χ1n) is 12.9. The molecule has 0 aliphatic carbocycles. The molecule has 3 rings (SSSR count). The lowest BCUT2D eigenvalue weighted by Gasteiger charge is -2.22. The van der Waals surface area contributed by atoms with Crippen LogP contribution in [-0.2, 0) is 27.2 Å². The highest BCUT2D eigenvalue weighted by molar-refractivity contribution is 6.01. The number of hydrogen-bond acceptors (Lipinski definition) is 5. The highest BCUT2D eigenvalue weighted by atomic mass is 16.5. The lowest BCUT2D eigenvalue weighted by Crippen LogP contribution is -2.42. The Labute approximate surface area is 233 Å². The Morgan fingerprint density at radius 3 is 2.25 bits per heavy atom. The summed E-state index contributed by atoms with van der Waals surface area (Å²) >= 11 is 0. The molecule has 4 amide bonds. The van der Waals surface area contributed by atoms with Crippen molar-refractivity contribution in [3.05, 3.63) is 89.5 Å². The van der Waals surface area contributed by atoms with Crippen LogP contribution in [0.25, 0.3) is 0 Å². The van der Waals surface area contributed by atoms with E-state index < -0.39 is 12.0 Å². The van der Waals surface area contributed by atoms with Gasteiger partial charge in [0.25, 0.3) is 0 Å². The van der Waals surface area contributed by atoms with Gasteiger partial charge in [-0.25, -0.2) is 4.79 Å². The van der Waals surface area contributed by atoms with E-state index >= 15 is 0 Å². The third-order valence-electron chi connectivity index (χ3n) is 6.17. The van der Waals surface area contributed by atoms with Gasteiger partial charge in [0.15, 0.2) is 0 Å². The first kappa shape index (κ1) is 29.7. The van der Waals surface area contributed by atoms with Crippen molar-refractivity contribution in [2.75, 3.05) is 37.4 Å². The van der Waals surface area contributed by atoms with Gasteiger partial charge in [0, 0.05) is 18.8 Å². The van der Waals surface area contributed by atoms with Gasteiger partial charge >= 0.3 is 12.0 Å². The molecule has 3 aromatic carbocycles. The van der Waals surface area contributed by atoms with E-state index in [1.807, 2.05) is 55.5 Å². The SMILES string of the molecule is COc1cc(CC(=O)NCC(=O)N(CCC(=O)O)CCc2ccccc2)ccc1NC(=O)Nc1ccccc1C. The van der Waals surface area contributed by atoms with Crippen LogP contribution in [0.5, 0.6) is 5.75 Å². The molecule has 40 heavy (non-hydrogen) atoms. The normalized spacial score (nSPS) is 10.3. The zero-order chi connectivity index (χ0) is 28.9. The number of para-hydroxylation sites is 1. The average molecular weight is 547 g/mol. The summed E-state index contributed by atoms with van der Waals surface area (Å²) in [5, 5.41) is 17.2. The van der Waals surface area contributed by atoms with Crippen molar-refractivity contribution in [1.82, 2.24) is 10.2 Å². The second kappa shape index (κ2) is 14.9. The summed E-state index contributed by atoms with van der Waals surface area (Å²) in [6.45, 7) is 2.04. The van der Waals surface area contributed by atoms with E-state index in [9.17, 15) is 19.2 Å². The van der Waals surface area contributed by atoms with Gasteiger partial charge in [0.2, 0.25) is 11.8 Å². The second-order valence-electron chi connectivity index (χ2n) is 9.14. The number of aryl methyl sites for hydroxylation is 1. The maximum atomic E-state index is 12.8. The molecule has 0 heterocycles. The fraction of sp³-hybridized carbons (Fsp3) is 0.267. The van der Waals surface area contributed by atoms with Crippen LogP contribution in [0.1, 0.15) is 23.1 Å². The van der Waals surface area contributed by atoms with Crippen LogP contribution in [0.3, 0.4) is 0 Å². The van der Waals surface area contributed by atoms with E-state index in [-0.39, 0.29) is 37.7 Å². The molecule has 0 aromatic heterocycles. The van der Waals surface area contributed by atoms with Gasteiger partial charge in [0.05, 0.1) is 32.2 Å². The molecule has 0 aliphatic rings. The molecular weight excluding hydrogens is 512 g/mol. The highest BCUT2D eigenvalue weighted by Crippen LogP contribution is 2.26. The molecule has 0 spiro atoms. The van der Waals surface area contributed by atoms with Crippen molar-refractivity contribution in [3.63, 3.8) is 0 Å². The van der Waals surface area contributed by atoms with Gasteiger partial charge in [-0.1, -0.05) is 54.6 Å². The maximum absolute atomic E-state index is 12.8. The van der Waals surface area contributed by atoms with Crippen molar-refractivity contribution in [2.24, 2.45) is 0 Å². The van der Waals surface area contributed by atoms with Crippen LogP contribution in [0.15, 0.2) is 72.8 Å². The Morgan fingerprint density at radius 1 is 0.850 bits per heavy atom. The number of methoxy groups -OCH3 is 1. The number of carbonyl (C=O) groups is 4. The Kier molecular flexibility index (Phi) is 11.1. The first-order chi connectivity index (χ1) is 19.2. The Hall–Kier alpha value is -4.86. The predicted molar refractivity (Wildman–Crippen MR) is 153 cm³/mol. The molecule has 3 aromatic rings. The molecule has 0 saturated heterocycles. The Morgan fingerprint density at radius 2 is 1.55 bits per heavy atom. The summed E-state index contributed by atoms with van der Waals surface area (Å²) < 4.78 is 5.40. The highest BCUT2D eigenvalue weighted by Gasteiger charge is 2.17. The van der Waals surface area contributed by atoms with Crippen LogP contribution in [0.4, 0.5) is 16.2 Å². The number of carboxylic acids is 1.